The molecule has 0 aliphatic carbocycles. The molecule has 3 heteroatoms. The van der Waals surface area contributed by atoms with E-state index in [0.717, 1.165) is 5.56 Å². The van der Waals surface area contributed by atoms with Gasteiger partial charge < -0.3 is 5.11 Å². The van der Waals surface area contributed by atoms with Crippen molar-refractivity contribution in [2.75, 3.05) is 0 Å². The zero-order chi connectivity index (χ0) is 10.6. The Labute approximate surface area is 90.0 Å². The Kier molecular flexibility index (Phi) is 5.11. The summed E-state index contributed by atoms with van der Waals surface area (Å²) in [6.45, 7) is 1.84. The second-order valence-electron chi connectivity index (χ2n) is 3.24. The quantitative estimate of drug-likeness (QED) is 0.825. The molecule has 1 atom stereocenters. The first-order chi connectivity index (χ1) is 6.63. The monoisotopic (exact) mass is 205 g/mol. The number of carboxylic acid groups (broad SMARTS) is 1. The van der Waals surface area contributed by atoms with Gasteiger partial charge in [0.15, 0.2) is 0 Å². The van der Waals surface area contributed by atoms with Crippen molar-refractivity contribution in [3.8, 4) is 6.07 Å². The molecule has 3 nitrogen and oxygen atoms in total. The fourth-order valence-electron chi connectivity index (χ4n) is 1.29. The van der Waals surface area contributed by atoms with Crippen LogP contribution in [0.15, 0.2) is 24.3 Å². The summed E-state index contributed by atoms with van der Waals surface area (Å²) in [6.07, 6.45) is 0.0921. The Morgan fingerprint density at radius 2 is 2.27 bits per heavy atom. The molecule has 0 amide bonds. The fourth-order valence-corrected chi connectivity index (χ4v) is 1.29. The van der Waals surface area contributed by atoms with Crippen molar-refractivity contribution in [1.82, 2.24) is 0 Å². The molecule has 0 bridgehead atoms. The first-order valence-electron chi connectivity index (χ1n) is 4.35. The molecule has 0 aliphatic heterocycles. The summed E-state index contributed by atoms with van der Waals surface area (Å²) in [5, 5.41) is 17.3. The number of carbonyl (C=O) groups is 1. The van der Waals surface area contributed by atoms with Crippen LogP contribution in [0.25, 0.3) is 0 Å². The van der Waals surface area contributed by atoms with Crippen LogP contribution in [-0.2, 0) is 4.79 Å². The Morgan fingerprint density at radius 3 is 2.80 bits per heavy atom. The minimum Gasteiger partial charge on any atom is -0.481 e. The summed E-state index contributed by atoms with van der Waals surface area (Å²) >= 11 is 0. The lowest BCUT2D eigenvalue weighted by Crippen LogP contribution is -2.02. The van der Waals surface area contributed by atoms with Crippen LogP contribution in [0.1, 0.15) is 37.8 Å². The zero-order valence-corrected chi connectivity index (χ0v) is 7.90. The standard InChI is InChI=1S/C11H11NO2.CH4/c1-8(5-11(13)14)10-4-2-3-9(6-10)7-12;/h2-4,6,8H,5H2,1H3,(H,13,14);1H4/t8-;/m1./s1. The third kappa shape index (κ3) is 3.82. The molecule has 0 unspecified atom stereocenters. The van der Waals surface area contributed by atoms with E-state index >= 15 is 0 Å². The van der Waals surface area contributed by atoms with Crippen molar-refractivity contribution in [3.05, 3.63) is 35.4 Å². The highest BCUT2D eigenvalue weighted by Crippen LogP contribution is 2.19. The number of nitriles is 1. The molecule has 1 aromatic rings. The molecule has 0 fully saturated rings. The molecule has 0 heterocycles. The van der Waals surface area contributed by atoms with Crippen molar-refractivity contribution in [3.63, 3.8) is 0 Å². The summed E-state index contributed by atoms with van der Waals surface area (Å²) in [5.41, 5.74) is 1.46. The lowest BCUT2D eigenvalue weighted by Gasteiger charge is -2.08. The van der Waals surface area contributed by atoms with Crippen LogP contribution < -0.4 is 0 Å². The van der Waals surface area contributed by atoms with E-state index in [4.69, 9.17) is 10.4 Å². The van der Waals surface area contributed by atoms with Gasteiger partial charge in [-0.05, 0) is 23.6 Å². The lowest BCUT2D eigenvalue weighted by molar-refractivity contribution is -0.137. The predicted molar refractivity (Wildman–Crippen MR) is 58.6 cm³/mol. The van der Waals surface area contributed by atoms with Crippen LogP contribution in [-0.4, -0.2) is 11.1 Å². The maximum atomic E-state index is 10.5. The molecular formula is C12H15NO2. The van der Waals surface area contributed by atoms with E-state index in [1.807, 2.05) is 19.1 Å². The maximum Gasteiger partial charge on any atom is 0.303 e. The highest BCUT2D eigenvalue weighted by Gasteiger charge is 2.09. The van der Waals surface area contributed by atoms with Gasteiger partial charge in [0.25, 0.3) is 0 Å². The van der Waals surface area contributed by atoms with E-state index in [2.05, 4.69) is 0 Å². The van der Waals surface area contributed by atoms with Crippen LogP contribution >= 0.6 is 0 Å². The van der Waals surface area contributed by atoms with Crippen LogP contribution in [0.4, 0.5) is 0 Å². The number of benzene rings is 1. The summed E-state index contributed by atoms with van der Waals surface area (Å²) < 4.78 is 0. The summed E-state index contributed by atoms with van der Waals surface area (Å²) in [6, 6.07) is 9.08. The first kappa shape index (κ1) is 13.2. The molecule has 1 N–H and O–H groups in total. The Hall–Kier alpha value is -1.82. The second kappa shape index (κ2) is 5.82. The van der Waals surface area contributed by atoms with Crippen molar-refractivity contribution >= 4 is 5.97 Å². The molecule has 0 saturated carbocycles. The minimum absolute atomic E-state index is 0. The second-order valence-corrected chi connectivity index (χ2v) is 3.24. The largest absolute Gasteiger partial charge is 0.481 e. The normalized spacial score (nSPS) is 10.9. The van der Waals surface area contributed by atoms with Crippen molar-refractivity contribution in [1.29, 1.82) is 5.26 Å². The molecule has 0 saturated heterocycles. The van der Waals surface area contributed by atoms with Crippen molar-refractivity contribution in [2.24, 2.45) is 0 Å². The SMILES string of the molecule is C.C[C@H](CC(=O)O)c1cccc(C#N)c1. The van der Waals surface area contributed by atoms with Crippen LogP contribution in [0, 0.1) is 11.3 Å². The number of aliphatic carboxylic acids is 1. The van der Waals surface area contributed by atoms with Gasteiger partial charge in [-0.1, -0.05) is 26.5 Å². The van der Waals surface area contributed by atoms with E-state index in [1.54, 1.807) is 18.2 Å². The molecule has 80 valence electrons. The Bertz CT molecular complexity index is 379. The van der Waals surface area contributed by atoms with E-state index in [1.165, 1.54) is 0 Å². The molecule has 0 radical (unpaired) electrons. The summed E-state index contributed by atoms with van der Waals surface area (Å²) in [7, 11) is 0. The average Bonchev–Trinajstić information content (AvgIpc) is 2.17. The number of hydrogen-bond donors (Lipinski definition) is 1. The minimum atomic E-state index is -0.820. The van der Waals surface area contributed by atoms with Gasteiger partial charge in [-0.3, -0.25) is 4.79 Å². The maximum absolute atomic E-state index is 10.5. The van der Waals surface area contributed by atoms with E-state index in [9.17, 15) is 4.79 Å². The van der Waals surface area contributed by atoms with E-state index in [0.29, 0.717) is 5.56 Å². The number of carboxylic acids is 1. The van der Waals surface area contributed by atoms with Gasteiger partial charge in [-0.25, -0.2) is 0 Å². The lowest BCUT2D eigenvalue weighted by atomic mass is 9.96. The highest BCUT2D eigenvalue weighted by molar-refractivity contribution is 5.68. The number of hydrogen-bond acceptors (Lipinski definition) is 2. The molecule has 15 heavy (non-hydrogen) atoms. The molecule has 0 spiro atoms. The van der Waals surface area contributed by atoms with Gasteiger partial charge in [0, 0.05) is 0 Å². The van der Waals surface area contributed by atoms with Gasteiger partial charge >= 0.3 is 5.97 Å². The highest BCUT2D eigenvalue weighted by atomic mass is 16.4. The van der Waals surface area contributed by atoms with Gasteiger partial charge in [-0.2, -0.15) is 5.26 Å². The van der Waals surface area contributed by atoms with Crippen LogP contribution in [0.3, 0.4) is 0 Å². The summed E-state index contributed by atoms with van der Waals surface area (Å²) in [5.74, 6) is -0.874. The summed E-state index contributed by atoms with van der Waals surface area (Å²) in [4.78, 5) is 10.5. The van der Waals surface area contributed by atoms with Crippen LogP contribution in [0.2, 0.25) is 0 Å². The van der Waals surface area contributed by atoms with E-state index < -0.39 is 5.97 Å². The predicted octanol–water partition coefficient (Wildman–Crippen LogP) is 2.77. The molecule has 1 rings (SSSR count). The zero-order valence-electron chi connectivity index (χ0n) is 7.90. The molecular weight excluding hydrogens is 190 g/mol. The topological polar surface area (TPSA) is 61.1 Å². The van der Waals surface area contributed by atoms with Gasteiger partial charge in [0.2, 0.25) is 0 Å². The fraction of sp³-hybridized carbons (Fsp3) is 0.333. The first-order valence-corrected chi connectivity index (χ1v) is 4.35. The molecule has 0 aliphatic rings. The van der Waals surface area contributed by atoms with E-state index in [-0.39, 0.29) is 19.8 Å². The van der Waals surface area contributed by atoms with Crippen molar-refractivity contribution < 1.29 is 9.90 Å². The molecule has 0 aromatic heterocycles. The van der Waals surface area contributed by atoms with Gasteiger partial charge in [0.1, 0.15) is 0 Å². The van der Waals surface area contributed by atoms with Gasteiger partial charge in [-0.15, -0.1) is 0 Å². The third-order valence-corrected chi connectivity index (χ3v) is 2.07. The smallest absolute Gasteiger partial charge is 0.303 e. The van der Waals surface area contributed by atoms with Crippen LogP contribution in [0.5, 0.6) is 0 Å². The average molecular weight is 205 g/mol. The Morgan fingerprint density at radius 1 is 1.60 bits per heavy atom. The van der Waals surface area contributed by atoms with Crippen molar-refractivity contribution in [2.45, 2.75) is 26.7 Å². The number of rotatable bonds is 3. The number of nitrogens with zero attached hydrogens (tertiary/aromatic N) is 1. The third-order valence-electron chi connectivity index (χ3n) is 2.07. The molecule has 1 aromatic carbocycles. The Balaban J connectivity index is 0.00000196. The van der Waals surface area contributed by atoms with Gasteiger partial charge in [0.05, 0.1) is 18.1 Å².